The number of aliphatic hydroxyl groups is 1. The number of nitrogens with zero attached hydrogens (tertiary/aromatic N) is 1. The van der Waals surface area contributed by atoms with E-state index in [2.05, 4.69) is 20.9 Å². The second-order valence-electron chi connectivity index (χ2n) is 2.35. The van der Waals surface area contributed by atoms with E-state index >= 15 is 0 Å². The Morgan fingerprint density at radius 2 is 2.23 bits per heavy atom. The van der Waals surface area contributed by atoms with Gasteiger partial charge in [0.25, 0.3) is 6.43 Å². The summed E-state index contributed by atoms with van der Waals surface area (Å²) in [7, 11) is 0. The first kappa shape index (κ1) is 10.3. The molecule has 1 aromatic rings. The number of halogens is 3. The lowest BCUT2D eigenvalue weighted by Crippen LogP contribution is -2.02. The molecule has 72 valence electrons. The van der Waals surface area contributed by atoms with Gasteiger partial charge in [0, 0.05) is 4.47 Å². The molecule has 13 heavy (non-hydrogen) atoms. The van der Waals surface area contributed by atoms with Crippen LogP contribution in [0.5, 0.6) is 0 Å². The van der Waals surface area contributed by atoms with E-state index in [1.54, 1.807) is 0 Å². The van der Waals surface area contributed by atoms with Crippen LogP contribution in [0.3, 0.4) is 0 Å². The summed E-state index contributed by atoms with van der Waals surface area (Å²) in [6.07, 6.45) is -2.67. The van der Waals surface area contributed by atoms with Crippen LogP contribution in [0.1, 0.15) is 17.7 Å². The predicted octanol–water partition coefficient (Wildman–Crippen LogP) is 1.86. The molecule has 0 aliphatic rings. The molecule has 0 amide bonds. The summed E-state index contributed by atoms with van der Waals surface area (Å²) in [5.74, 6) is -0.256. The normalized spacial score (nSPS) is 10.8. The van der Waals surface area contributed by atoms with Crippen LogP contribution in [0.25, 0.3) is 0 Å². The predicted molar refractivity (Wildman–Crippen MR) is 47.2 cm³/mol. The Hall–Kier alpha value is -0.750. The molecule has 1 rings (SSSR count). The monoisotopic (exact) mass is 252 g/mol. The zero-order valence-corrected chi connectivity index (χ0v) is 8.05. The molecule has 1 heterocycles. The molecule has 0 spiro atoms. The van der Waals surface area contributed by atoms with Crippen molar-refractivity contribution in [3.05, 3.63) is 21.8 Å². The van der Waals surface area contributed by atoms with E-state index in [1.807, 2.05) is 0 Å². The van der Waals surface area contributed by atoms with Crippen molar-refractivity contribution in [2.45, 2.75) is 13.0 Å². The highest BCUT2D eigenvalue weighted by atomic mass is 79.9. The zero-order chi connectivity index (χ0) is 10.0. The smallest absolute Gasteiger partial charge is 0.268 e. The number of anilines is 1. The van der Waals surface area contributed by atoms with Gasteiger partial charge in [0.1, 0.15) is 5.82 Å². The van der Waals surface area contributed by atoms with Crippen LogP contribution in [0.2, 0.25) is 0 Å². The van der Waals surface area contributed by atoms with Gasteiger partial charge in [0.05, 0.1) is 17.9 Å². The SMILES string of the molecule is Nc1nc(CO)cc(Br)c1C(F)F. The first-order valence-corrected chi connectivity index (χ1v) is 4.19. The minimum absolute atomic E-state index is 0.166. The van der Waals surface area contributed by atoms with Gasteiger partial charge in [0.2, 0.25) is 0 Å². The molecule has 0 aliphatic heterocycles. The van der Waals surface area contributed by atoms with E-state index in [0.29, 0.717) is 0 Å². The summed E-state index contributed by atoms with van der Waals surface area (Å²) in [5.41, 5.74) is 5.19. The third-order valence-corrected chi connectivity index (χ3v) is 2.13. The number of nitrogen functional groups attached to an aromatic ring is 1. The van der Waals surface area contributed by atoms with Gasteiger partial charge in [-0.2, -0.15) is 0 Å². The Morgan fingerprint density at radius 3 is 2.62 bits per heavy atom. The summed E-state index contributed by atoms with van der Waals surface area (Å²) < 4.78 is 24.8. The van der Waals surface area contributed by atoms with Gasteiger partial charge in [0.15, 0.2) is 0 Å². The quantitative estimate of drug-likeness (QED) is 0.845. The van der Waals surface area contributed by atoms with Gasteiger partial charge in [-0.15, -0.1) is 0 Å². The number of aromatic nitrogens is 1. The van der Waals surface area contributed by atoms with Gasteiger partial charge >= 0.3 is 0 Å². The Labute approximate surface area is 81.7 Å². The molecule has 3 N–H and O–H groups in total. The highest BCUT2D eigenvalue weighted by Crippen LogP contribution is 2.31. The molecule has 0 atom stereocenters. The maximum atomic E-state index is 12.3. The van der Waals surface area contributed by atoms with Crippen molar-refractivity contribution >= 4 is 21.7 Å². The molecule has 3 nitrogen and oxygen atoms in total. The van der Waals surface area contributed by atoms with E-state index in [9.17, 15) is 8.78 Å². The number of rotatable bonds is 2. The molecule has 0 aromatic carbocycles. The van der Waals surface area contributed by atoms with Gasteiger partial charge in [-0.25, -0.2) is 13.8 Å². The topological polar surface area (TPSA) is 59.1 Å². The summed E-state index contributed by atoms with van der Waals surface area (Å²) in [6.45, 7) is -0.327. The molecular formula is C7H7BrF2N2O. The van der Waals surface area contributed by atoms with E-state index in [0.717, 1.165) is 0 Å². The second-order valence-corrected chi connectivity index (χ2v) is 3.21. The molecule has 0 saturated carbocycles. The van der Waals surface area contributed by atoms with Crippen LogP contribution < -0.4 is 5.73 Å². The van der Waals surface area contributed by atoms with Crippen LogP contribution in [0.15, 0.2) is 10.5 Å². The maximum absolute atomic E-state index is 12.3. The van der Waals surface area contributed by atoms with Crippen molar-refractivity contribution in [2.24, 2.45) is 0 Å². The molecule has 0 aliphatic carbocycles. The summed E-state index contributed by atoms with van der Waals surface area (Å²) in [4.78, 5) is 3.59. The van der Waals surface area contributed by atoms with Gasteiger partial charge < -0.3 is 10.8 Å². The van der Waals surface area contributed by atoms with Crippen molar-refractivity contribution in [3.8, 4) is 0 Å². The van der Waals surface area contributed by atoms with Gasteiger partial charge in [-0.05, 0) is 6.07 Å². The van der Waals surface area contributed by atoms with Crippen molar-refractivity contribution in [3.63, 3.8) is 0 Å². The highest BCUT2D eigenvalue weighted by molar-refractivity contribution is 9.10. The summed E-state index contributed by atoms with van der Waals surface area (Å²) >= 11 is 2.93. The standard InChI is InChI=1S/C7H7BrF2N2O/c8-4-1-3(2-13)12-7(11)5(4)6(9)10/h1,6,13H,2H2,(H2,11,12). The van der Waals surface area contributed by atoms with E-state index in [-0.39, 0.29) is 28.2 Å². The first-order valence-electron chi connectivity index (χ1n) is 3.40. The van der Waals surface area contributed by atoms with Crippen molar-refractivity contribution < 1.29 is 13.9 Å². The molecular weight excluding hydrogens is 246 g/mol. The molecule has 6 heteroatoms. The van der Waals surface area contributed by atoms with E-state index in [4.69, 9.17) is 10.8 Å². The summed E-state index contributed by atoms with van der Waals surface area (Å²) in [6, 6.07) is 1.32. The molecule has 1 aromatic heterocycles. The Balaban J connectivity index is 3.23. The number of hydrogen-bond donors (Lipinski definition) is 2. The fourth-order valence-corrected chi connectivity index (χ4v) is 1.53. The Bertz CT molecular complexity index is 296. The largest absolute Gasteiger partial charge is 0.390 e. The zero-order valence-electron chi connectivity index (χ0n) is 6.47. The van der Waals surface area contributed by atoms with Crippen molar-refractivity contribution in [1.29, 1.82) is 0 Å². The minimum Gasteiger partial charge on any atom is -0.390 e. The number of hydrogen-bond acceptors (Lipinski definition) is 3. The Morgan fingerprint density at radius 1 is 1.62 bits per heavy atom. The lowest BCUT2D eigenvalue weighted by atomic mass is 10.2. The number of nitrogens with two attached hydrogens (primary N) is 1. The lowest BCUT2D eigenvalue weighted by Gasteiger charge is -2.07. The summed E-state index contributed by atoms with van der Waals surface area (Å²) in [5, 5.41) is 8.69. The number of alkyl halides is 2. The number of aliphatic hydroxyl groups excluding tert-OH is 1. The van der Waals surface area contributed by atoms with Gasteiger partial charge in [-0.1, -0.05) is 15.9 Å². The fourth-order valence-electron chi connectivity index (χ4n) is 0.891. The van der Waals surface area contributed by atoms with Crippen LogP contribution >= 0.6 is 15.9 Å². The Kier molecular flexibility index (Phi) is 3.16. The van der Waals surface area contributed by atoms with Crippen LogP contribution in [-0.4, -0.2) is 10.1 Å². The fraction of sp³-hybridized carbons (Fsp3) is 0.286. The van der Waals surface area contributed by atoms with Crippen LogP contribution in [0, 0.1) is 0 Å². The molecule has 0 fully saturated rings. The first-order chi connectivity index (χ1) is 6.06. The van der Waals surface area contributed by atoms with Crippen LogP contribution in [-0.2, 0) is 6.61 Å². The third kappa shape index (κ3) is 2.13. The minimum atomic E-state index is -2.67. The van der Waals surface area contributed by atoms with Gasteiger partial charge in [-0.3, -0.25) is 0 Å². The van der Waals surface area contributed by atoms with Crippen LogP contribution in [0.4, 0.5) is 14.6 Å². The third-order valence-electron chi connectivity index (χ3n) is 1.47. The molecule has 0 saturated heterocycles. The van der Waals surface area contributed by atoms with E-state index in [1.165, 1.54) is 6.07 Å². The molecule has 0 bridgehead atoms. The average molecular weight is 253 g/mol. The van der Waals surface area contributed by atoms with E-state index < -0.39 is 6.43 Å². The highest BCUT2D eigenvalue weighted by Gasteiger charge is 2.17. The maximum Gasteiger partial charge on any atom is 0.268 e. The molecule has 0 unspecified atom stereocenters. The average Bonchev–Trinajstić information content (AvgIpc) is 2.02. The van der Waals surface area contributed by atoms with Crippen molar-refractivity contribution in [1.82, 2.24) is 4.98 Å². The lowest BCUT2D eigenvalue weighted by molar-refractivity contribution is 0.151. The van der Waals surface area contributed by atoms with Crippen molar-refractivity contribution in [2.75, 3.05) is 5.73 Å². The molecule has 0 radical (unpaired) electrons. The number of pyridine rings is 1. The second kappa shape index (κ2) is 3.97.